The number of benzene rings is 3. The minimum Gasteiger partial charge on any atom is -0.872 e. The van der Waals surface area contributed by atoms with E-state index in [2.05, 4.69) is 10.1 Å². The average molecular weight is 393 g/mol. The Labute approximate surface area is 161 Å². The summed E-state index contributed by atoms with van der Waals surface area (Å²) in [6.45, 7) is 0. The number of cyclic esters (lactones) is 2. The molecule has 0 saturated heterocycles. The van der Waals surface area contributed by atoms with Crippen molar-refractivity contribution >= 4 is 45.7 Å². The zero-order chi connectivity index (χ0) is 20.9. The summed E-state index contributed by atoms with van der Waals surface area (Å²) in [6.07, 6.45) is 0. The van der Waals surface area contributed by atoms with E-state index in [1.807, 2.05) is 0 Å². The Morgan fingerprint density at radius 1 is 1.07 bits per heavy atom. The van der Waals surface area contributed by atoms with E-state index in [9.17, 15) is 29.6 Å². The zero-order valence-electron chi connectivity index (χ0n) is 14.3. The van der Waals surface area contributed by atoms with Gasteiger partial charge in [0, 0.05) is 22.5 Å². The number of nitro groups is 1. The predicted molar refractivity (Wildman–Crippen MR) is 96.5 cm³/mol. The molecule has 10 heteroatoms. The van der Waals surface area contributed by atoms with Crippen LogP contribution < -0.4 is 10.4 Å². The number of ether oxygens (including phenoxy) is 1. The first kappa shape index (κ1) is 17.9. The van der Waals surface area contributed by atoms with Crippen molar-refractivity contribution in [1.82, 2.24) is 0 Å². The molecule has 3 aromatic rings. The molecule has 144 valence electrons. The highest BCUT2D eigenvalue weighted by Gasteiger charge is 2.32. The number of esters is 2. The van der Waals surface area contributed by atoms with E-state index in [1.165, 1.54) is 24.3 Å². The number of carbonyl (C=O) groups excluding carboxylic acids is 2. The van der Waals surface area contributed by atoms with E-state index in [0.717, 1.165) is 18.2 Å². The van der Waals surface area contributed by atoms with Crippen LogP contribution in [0.3, 0.4) is 0 Å². The minimum absolute atomic E-state index is 0.0620. The Morgan fingerprint density at radius 2 is 1.79 bits per heavy atom. The summed E-state index contributed by atoms with van der Waals surface area (Å²) < 4.78 is 4.63. The van der Waals surface area contributed by atoms with Gasteiger partial charge in [0.15, 0.2) is 0 Å². The summed E-state index contributed by atoms with van der Waals surface area (Å²) >= 11 is 0. The quantitative estimate of drug-likeness (QED) is 0.294. The number of hydrogen-bond donors (Lipinski definition) is 2. The van der Waals surface area contributed by atoms with Gasteiger partial charge in [0.2, 0.25) is 0 Å². The number of carbonyl (C=O) groups is 3. The molecule has 0 atom stereocenters. The van der Waals surface area contributed by atoms with Crippen LogP contribution >= 0.6 is 0 Å². The van der Waals surface area contributed by atoms with Crippen molar-refractivity contribution in [2.24, 2.45) is 0 Å². The molecule has 10 nitrogen and oxygen atoms in total. The van der Waals surface area contributed by atoms with Crippen molar-refractivity contribution in [2.45, 2.75) is 0 Å². The van der Waals surface area contributed by atoms with Gasteiger partial charge >= 0.3 is 17.9 Å². The van der Waals surface area contributed by atoms with Crippen molar-refractivity contribution < 1.29 is 34.3 Å². The lowest BCUT2D eigenvalue weighted by atomic mass is 9.95. The third-order valence-corrected chi connectivity index (χ3v) is 4.44. The molecule has 0 fully saturated rings. The van der Waals surface area contributed by atoms with Gasteiger partial charge < -0.3 is 20.3 Å². The summed E-state index contributed by atoms with van der Waals surface area (Å²) in [5.41, 5.74) is -1.02. The molecule has 0 spiro atoms. The Morgan fingerprint density at radius 3 is 2.48 bits per heavy atom. The first-order chi connectivity index (χ1) is 13.8. The highest BCUT2D eigenvalue weighted by atomic mass is 16.6. The predicted octanol–water partition coefficient (Wildman–Crippen LogP) is 2.57. The van der Waals surface area contributed by atoms with Crippen LogP contribution in [-0.2, 0) is 4.74 Å². The summed E-state index contributed by atoms with van der Waals surface area (Å²) in [6, 6.07) is 8.69. The maximum Gasteiger partial charge on any atom is 0.346 e. The van der Waals surface area contributed by atoms with Crippen molar-refractivity contribution in [3.63, 3.8) is 0 Å². The lowest BCUT2D eigenvalue weighted by Gasteiger charge is -2.19. The largest absolute Gasteiger partial charge is 0.872 e. The number of rotatable bonds is 4. The molecule has 1 heterocycles. The zero-order valence-corrected chi connectivity index (χ0v) is 14.3. The van der Waals surface area contributed by atoms with Crippen LogP contribution in [0.25, 0.3) is 10.8 Å². The van der Waals surface area contributed by atoms with Gasteiger partial charge in [0.25, 0.3) is 5.69 Å². The number of nitrogens with zero attached hydrogens (tertiary/aromatic N) is 1. The van der Waals surface area contributed by atoms with E-state index < -0.39 is 39.8 Å². The van der Waals surface area contributed by atoms with E-state index >= 15 is 0 Å². The number of aromatic carboxylic acids is 1. The van der Waals surface area contributed by atoms with Crippen LogP contribution in [0.4, 0.5) is 17.1 Å². The number of hydrogen-bond acceptors (Lipinski definition) is 8. The molecule has 2 N–H and O–H groups in total. The van der Waals surface area contributed by atoms with Crippen LogP contribution in [0.15, 0.2) is 42.5 Å². The Kier molecular flexibility index (Phi) is 3.89. The number of carboxylic acids is 1. The summed E-state index contributed by atoms with van der Waals surface area (Å²) in [5, 5.41) is 35.5. The lowest BCUT2D eigenvalue weighted by molar-refractivity contribution is -0.383. The lowest BCUT2D eigenvalue weighted by Crippen LogP contribution is -2.20. The van der Waals surface area contributed by atoms with Crippen molar-refractivity contribution in [3.8, 4) is 5.75 Å². The SMILES string of the molecule is O=C(O)c1cc(Nc2c([N+](=O)[O-])cc3c4c(cccc24)C(=O)OC3=O)ccc1[O-]. The fourth-order valence-electron chi connectivity index (χ4n) is 3.19. The Balaban J connectivity index is 1.99. The molecule has 1 aliphatic rings. The molecule has 0 unspecified atom stereocenters. The normalized spacial score (nSPS) is 12.6. The Hall–Kier alpha value is -4.47. The fourth-order valence-corrected chi connectivity index (χ4v) is 3.19. The standard InChI is InChI=1S/C19H10N2O8/c22-14-5-4-8(6-11(14)17(23)24)20-16-9-2-1-3-10-15(9)12(7-13(16)21(27)28)19(26)29-18(10)25/h1-7,20,22H,(H,23,24)/p-1. The van der Waals surface area contributed by atoms with E-state index in [1.54, 1.807) is 0 Å². The van der Waals surface area contributed by atoms with Gasteiger partial charge in [0.1, 0.15) is 5.69 Å². The fraction of sp³-hybridized carbons (Fsp3) is 0. The molecule has 0 aromatic heterocycles. The van der Waals surface area contributed by atoms with Crippen molar-refractivity contribution in [1.29, 1.82) is 0 Å². The number of nitrogens with one attached hydrogen (secondary N) is 1. The monoisotopic (exact) mass is 393 g/mol. The number of anilines is 2. The summed E-state index contributed by atoms with van der Waals surface area (Å²) in [7, 11) is 0. The molecule has 0 bridgehead atoms. The molecule has 0 amide bonds. The van der Waals surface area contributed by atoms with Gasteiger partial charge in [-0.25, -0.2) is 14.4 Å². The molecule has 0 aliphatic carbocycles. The minimum atomic E-state index is -1.45. The maximum atomic E-state index is 12.1. The van der Waals surface area contributed by atoms with Gasteiger partial charge in [-0.05, 0) is 18.2 Å². The second-order valence-electron chi connectivity index (χ2n) is 6.12. The van der Waals surface area contributed by atoms with Gasteiger partial charge in [-0.3, -0.25) is 10.1 Å². The molecule has 4 rings (SSSR count). The number of carboxylic acid groups (broad SMARTS) is 1. The second-order valence-corrected chi connectivity index (χ2v) is 6.12. The number of nitro benzene ring substituents is 1. The highest BCUT2D eigenvalue weighted by molar-refractivity contribution is 6.23. The molecule has 3 aromatic carbocycles. The molecule has 29 heavy (non-hydrogen) atoms. The molecular formula is C19H9N2O8-. The maximum absolute atomic E-state index is 12.1. The third-order valence-electron chi connectivity index (χ3n) is 4.44. The van der Waals surface area contributed by atoms with E-state index in [4.69, 9.17) is 5.11 Å². The van der Waals surface area contributed by atoms with Crippen LogP contribution in [0, 0.1) is 10.1 Å². The van der Waals surface area contributed by atoms with Crippen LogP contribution in [0.1, 0.15) is 31.1 Å². The third kappa shape index (κ3) is 2.79. The van der Waals surface area contributed by atoms with E-state index in [-0.39, 0.29) is 33.3 Å². The molecule has 0 saturated carbocycles. The van der Waals surface area contributed by atoms with Gasteiger partial charge in [-0.2, -0.15) is 0 Å². The second kappa shape index (κ2) is 6.30. The highest BCUT2D eigenvalue weighted by Crippen LogP contribution is 2.41. The van der Waals surface area contributed by atoms with Gasteiger partial charge in [-0.15, -0.1) is 0 Å². The van der Waals surface area contributed by atoms with E-state index in [0.29, 0.717) is 0 Å². The summed E-state index contributed by atoms with van der Waals surface area (Å²) in [4.78, 5) is 46.2. The van der Waals surface area contributed by atoms with Crippen LogP contribution in [0.2, 0.25) is 0 Å². The first-order valence-electron chi connectivity index (χ1n) is 8.10. The van der Waals surface area contributed by atoms with Crippen LogP contribution in [0.5, 0.6) is 5.75 Å². The van der Waals surface area contributed by atoms with Gasteiger partial charge in [0.05, 0.1) is 21.6 Å². The van der Waals surface area contributed by atoms with Crippen molar-refractivity contribution in [2.75, 3.05) is 5.32 Å². The first-order valence-corrected chi connectivity index (χ1v) is 8.10. The molecular weight excluding hydrogens is 384 g/mol. The van der Waals surface area contributed by atoms with Gasteiger partial charge in [-0.1, -0.05) is 23.9 Å². The Bertz CT molecular complexity index is 1260. The molecule has 0 radical (unpaired) electrons. The summed E-state index contributed by atoms with van der Waals surface area (Å²) in [5.74, 6) is -4.05. The smallest absolute Gasteiger partial charge is 0.346 e. The topological polar surface area (TPSA) is 159 Å². The van der Waals surface area contributed by atoms with Crippen LogP contribution in [-0.4, -0.2) is 27.9 Å². The van der Waals surface area contributed by atoms with Crippen molar-refractivity contribution in [3.05, 3.63) is 69.3 Å². The molecule has 1 aliphatic heterocycles. The average Bonchev–Trinajstić information content (AvgIpc) is 2.67.